The zero-order valence-electron chi connectivity index (χ0n) is 16.4. The lowest BCUT2D eigenvalue weighted by atomic mass is 9.97. The van der Waals surface area contributed by atoms with E-state index >= 15 is 0 Å². The van der Waals surface area contributed by atoms with Crippen LogP contribution in [0.3, 0.4) is 0 Å². The Kier molecular flexibility index (Phi) is 11.4. The van der Waals surface area contributed by atoms with Crippen molar-refractivity contribution in [1.29, 1.82) is 0 Å². The molecule has 0 aromatic carbocycles. The van der Waals surface area contributed by atoms with Gasteiger partial charge in [0.2, 0.25) is 0 Å². The molecule has 2 heterocycles. The van der Waals surface area contributed by atoms with Crippen molar-refractivity contribution >= 4 is 24.4 Å². The normalized spacial score (nSPS) is 38.5. The largest absolute Gasteiger partial charge is 0.394 e. The van der Waals surface area contributed by atoms with Gasteiger partial charge in [0.25, 0.3) is 0 Å². The van der Waals surface area contributed by atoms with E-state index < -0.39 is 55.7 Å². The molecular weight excluding hydrogens is 426 g/mol. The Hall–Kier alpha value is 0.300. The molecule has 8 atom stereocenters. The SMILES string of the molecule is CON(CCCSCCS)[C@@H]1OC(CO)[C@H](O)[C@H](O[C@@H]2OC[C@@H](O)CC2O)C1O. The fourth-order valence-electron chi connectivity index (χ4n) is 3.34. The van der Waals surface area contributed by atoms with Crippen molar-refractivity contribution < 1.29 is 44.6 Å². The molecule has 0 bridgehead atoms. The van der Waals surface area contributed by atoms with Crippen molar-refractivity contribution in [3.8, 4) is 0 Å². The molecule has 12 heteroatoms. The molecule has 10 nitrogen and oxygen atoms in total. The van der Waals surface area contributed by atoms with E-state index in [0.717, 1.165) is 23.7 Å². The summed E-state index contributed by atoms with van der Waals surface area (Å²) in [5.74, 6) is 2.61. The van der Waals surface area contributed by atoms with E-state index in [-0.39, 0.29) is 13.0 Å². The number of hydroxylamine groups is 2. The maximum Gasteiger partial charge on any atom is 0.184 e. The predicted octanol–water partition coefficient (Wildman–Crippen LogP) is -1.80. The zero-order valence-corrected chi connectivity index (χ0v) is 18.2. The molecule has 29 heavy (non-hydrogen) atoms. The van der Waals surface area contributed by atoms with Crippen molar-refractivity contribution in [2.45, 2.75) is 62.0 Å². The third kappa shape index (κ3) is 7.16. The summed E-state index contributed by atoms with van der Waals surface area (Å²) in [7, 11) is 1.45. The first-order valence-corrected chi connectivity index (χ1v) is 11.5. The molecule has 0 spiro atoms. The molecule has 2 saturated heterocycles. The fourth-order valence-corrected chi connectivity index (χ4v) is 4.39. The molecule has 2 rings (SSSR count). The first kappa shape index (κ1) is 25.6. The Morgan fingerprint density at radius 1 is 1.17 bits per heavy atom. The summed E-state index contributed by atoms with van der Waals surface area (Å²) in [5.41, 5.74) is 0. The van der Waals surface area contributed by atoms with Crippen LogP contribution in [0.2, 0.25) is 0 Å². The summed E-state index contributed by atoms with van der Waals surface area (Å²) >= 11 is 5.92. The van der Waals surface area contributed by atoms with Gasteiger partial charge in [-0.05, 0) is 17.9 Å². The third-order valence-corrected chi connectivity index (χ3v) is 6.43. The summed E-state index contributed by atoms with van der Waals surface area (Å²) in [5, 5.41) is 52.0. The van der Waals surface area contributed by atoms with E-state index in [9.17, 15) is 25.5 Å². The average molecular weight is 460 g/mol. The molecule has 0 amide bonds. The minimum absolute atomic E-state index is 0.0296. The quantitative estimate of drug-likeness (QED) is 0.118. The molecule has 0 saturated carbocycles. The van der Waals surface area contributed by atoms with E-state index in [2.05, 4.69) is 12.6 Å². The van der Waals surface area contributed by atoms with Crippen LogP contribution in [-0.2, 0) is 19.0 Å². The molecular formula is C17H33NO9S2. The van der Waals surface area contributed by atoms with Gasteiger partial charge >= 0.3 is 0 Å². The number of thiol groups is 1. The molecule has 172 valence electrons. The molecule has 2 aliphatic rings. The smallest absolute Gasteiger partial charge is 0.184 e. The Morgan fingerprint density at radius 3 is 2.55 bits per heavy atom. The van der Waals surface area contributed by atoms with Gasteiger partial charge in [-0.1, -0.05) is 0 Å². The van der Waals surface area contributed by atoms with Crippen LogP contribution in [-0.4, -0.2) is 124 Å². The van der Waals surface area contributed by atoms with Crippen LogP contribution in [0.15, 0.2) is 0 Å². The summed E-state index contributed by atoms with van der Waals surface area (Å²) in [4.78, 5) is 5.36. The predicted molar refractivity (Wildman–Crippen MR) is 109 cm³/mol. The first-order valence-electron chi connectivity index (χ1n) is 9.67. The van der Waals surface area contributed by atoms with Crippen LogP contribution in [0.25, 0.3) is 0 Å². The maximum absolute atomic E-state index is 10.8. The number of hydrogen-bond donors (Lipinski definition) is 6. The van der Waals surface area contributed by atoms with Gasteiger partial charge in [-0.15, -0.1) is 0 Å². The van der Waals surface area contributed by atoms with Crippen LogP contribution in [0, 0.1) is 0 Å². The topological polar surface area (TPSA) is 141 Å². The molecule has 0 aliphatic carbocycles. The van der Waals surface area contributed by atoms with E-state index in [1.807, 2.05) is 0 Å². The van der Waals surface area contributed by atoms with Crippen LogP contribution in [0.4, 0.5) is 0 Å². The lowest BCUT2D eigenvalue weighted by molar-refractivity contribution is -0.354. The summed E-state index contributed by atoms with van der Waals surface area (Å²) < 4.78 is 16.6. The number of rotatable bonds is 11. The van der Waals surface area contributed by atoms with Crippen LogP contribution < -0.4 is 0 Å². The molecule has 3 unspecified atom stereocenters. The Bertz CT molecular complexity index is 467. The molecule has 0 aromatic rings. The van der Waals surface area contributed by atoms with E-state index in [1.165, 1.54) is 12.2 Å². The van der Waals surface area contributed by atoms with Crippen LogP contribution >= 0.6 is 24.4 Å². The maximum atomic E-state index is 10.8. The molecule has 2 aliphatic heterocycles. The standard InChI is InChI=1S/C17H33NO9S2/c1-24-18(3-2-5-29-6-4-28)16-14(23)15(13(22)12(8-19)26-16)27-17-11(21)7-10(20)9-25-17/h10-17,19-23,28H,2-9H2,1H3/t10-,11?,12?,13-,14?,15-,16+,17-/m0/s1. The van der Waals surface area contributed by atoms with E-state index in [0.29, 0.717) is 6.54 Å². The number of aliphatic hydroxyl groups excluding tert-OH is 5. The number of ether oxygens (including phenoxy) is 3. The molecule has 5 N–H and O–H groups in total. The number of aliphatic hydroxyl groups is 5. The van der Waals surface area contributed by atoms with Gasteiger partial charge in [-0.3, -0.25) is 4.84 Å². The highest BCUT2D eigenvalue weighted by Crippen LogP contribution is 2.29. The van der Waals surface area contributed by atoms with Crippen molar-refractivity contribution in [3.63, 3.8) is 0 Å². The van der Waals surface area contributed by atoms with Crippen molar-refractivity contribution in [1.82, 2.24) is 5.06 Å². The second-order valence-electron chi connectivity index (χ2n) is 7.00. The highest BCUT2D eigenvalue weighted by Gasteiger charge is 2.49. The molecule has 2 fully saturated rings. The minimum Gasteiger partial charge on any atom is -0.394 e. The van der Waals surface area contributed by atoms with Crippen molar-refractivity contribution in [2.24, 2.45) is 0 Å². The zero-order chi connectivity index (χ0) is 21.4. The van der Waals surface area contributed by atoms with Crippen molar-refractivity contribution in [2.75, 3.05) is 44.1 Å². The van der Waals surface area contributed by atoms with Crippen LogP contribution in [0.5, 0.6) is 0 Å². The lowest BCUT2D eigenvalue weighted by Gasteiger charge is -2.46. The third-order valence-electron chi connectivity index (χ3n) is 4.83. The summed E-state index contributed by atoms with van der Waals surface area (Å²) in [6, 6.07) is 0. The Labute approximate surface area is 180 Å². The minimum atomic E-state index is -1.35. The molecule has 0 radical (unpaired) electrons. The highest BCUT2D eigenvalue weighted by atomic mass is 32.2. The highest BCUT2D eigenvalue weighted by molar-refractivity contribution is 7.99. The Balaban J connectivity index is 2.02. The molecule has 0 aromatic heterocycles. The van der Waals surface area contributed by atoms with Crippen LogP contribution in [0.1, 0.15) is 12.8 Å². The monoisotopic (exact) mass is 459 g/mol. The second kappa shape index (κ2) is 13.0. The van der Waals surface area contributed by atoms with Gasteiger partial charge in [0.05, 0.1) is 26.4 Å². The average Bonchev–Trinajstić information content (AvgIpc) is 2.70. The van der Waals surface area contributed by atoms with Gasteiger partial charge in [0, 0.05) is 18.7 Å². The fraction of sp³-hybridized carbons (Fsp3) is 1.00. The summed E-state index contributed by atoms with van der Waals surface area (Å²) in [6.07, 6.45) is -8.12. The number of hydrogen-bond acceptors (Lipinski definition) is 12. The van der Waals surface area contributed by atoms with Crippen molar-refractivity contribution in [3.05, 3.63) is 0 Å². The van der Waals surface area contributed by atoms with Gasteiger partial charge in [0.1, 0.15) is 30.5 Å². The van der Waals surface area contributed by atoms with Gasteiger partial charge in [-0.25, -0.2) is 0 Å². The second-order valence-corrected chi connectivity index (χ2v) is 8.67. The first-order chi connectivity index (χ1) is 13.9. The van der Waals surface area contributed by atoms with E-state index in [1.54, 1.807) is 11.8 Å². The van der Waals surface area contributed by atoms with Gasteiger partial charge in [-0.2, -0.15) is 29.5 Å². The number of nitrogens with zero attached hydrogens (tertiary/aromatic N) is 1. The Morgan fingerprint density at radius 2 is 1.93 bits per heavy atom. The summed E-state index contributed by atoms with van der Waals surface area (Å²) in [6.45, 7) is -0.0714. The van der Waals surface area contributed by atoms with E-state index in [4.69, 9.17) is 19.0 Å². The van der Waals surface area contributed by atoms with Gasteiger partial charge < -0.3 is 39.7 Å². The number of thioether (sulfide) groups is 1. The van der Waals surface area contributed by atoms with Gasteiger partial charge in [0.15, 0.2) is 12.5 Å². The lowest BCUT2D eigenvalue weighted by Crippen LogP contribution is -2.65.